The van der Waals surface area contributed by atoms with Gasteiger partial charge in [0.25, 0.3) is 0 Å². The van der Waals surface area contributed by atoms with Crippen LogP contribution in [-0.2, 0) is 27.9 Å². The first-order valence-electron chi connectivity index (χ1n) is 8.63. The first-order valence-corrected chi connectivity index (χ1v) is 10.1. The Balaban J connectivity index is 1.55. The molecule has 0 unspecified atom stereocenters. The molecule has 3 rings (SSSR count). The number of amides is 1. The zero-order valence-electron chi connectivity index (χ0n) is 15.4. The Morgan fingerprint density at radius 2 is 1.96 bits per heavy atom. The van der Waals surface area contributed by atoms with Crippen molar-refractivity contribution < 1.29 is 13.2 Å². The van der Waals surface area contributed by atoms with Crippen LogP contribution in [0.5, 0.6) is 0 Å². The molecule has 0 aliphatic rings. The van der Waals surface area contributed by atoms with Crippen molar-refractivity contribution in [3.05, 3.63) is 78.4 Å². The third kappa shape index (κ3) is 5.02. The van der Waals surface area contributed by atoms with Gasteiger partial charge in [-0.25, -0.2) is 8.42 Å². The number of hydrogen-bond donors (Lipinski definition) is 1. The third-order valence-corrected chi connectivity index (χ3v) is 5.88. The zero-order chi connectivity index (χ0) is 20.0. The van der Waals surface area contributed by atoms with Gasteiger partial charge in [-0.2, -0.15) is 9.40 Å². The standard InChI is InChI=1S/C19H21N5O3S/c1-23(28(26,27)18-7-3-8-20-13-18)15-19(25)21-12-16-5-2-6-17(11-16)14-24-10-4-9-22-24/h2-11,13H,12,14-15H2,1H3,(H,21,25). The predicted molar refractivity (Wildman–Crippen MR) is 104 cm³/mol. The second kappa shape index (κ2) is 8.77. The van der Waals surface area contributed by atoms with Gasteiger partial charge < -0.3 is 5.32 Å². The highest BCUT2D eigenvalue weighted by atomic mass is 32.2. The summed E-state index contributed by atoms with van der Waals surface area (Å²) in [5, 5.41) is 6.93. The number of carbonyl (C=O) groups is 1. The van der Waals surface area contributed by atoms with Crippen molar-refractivity contribution in [2.45, 2.75) is 18.0 Å². The van der Waals surface area contributed by atoms with Gasteiger partial charge in [0.05, 0.1) is 13.1 Å². The van der Waals surface area contributed by atoms with Gasteiger partial charge in [0.15, 0.2) is 0 Å². The van der Waals surface area contributed by atoms with Crippen molar-refractivity contribution in [2.75, 3.05) is 13.6 Å². The minimum absolute atomic E-state index is 0.0524. The Hall–Kier alpha value is -3.04. The summed E-state index contributed by atoms with van der Waals surface area (Å²) in [6.45, 7) is 0.678. The predicted octanol–water partition coefficient (Wildman–Crippen LogP) is 1.26. The average Bonchev–Trinajstić information content (AvgIpc) is 3.20. The van der Waals surface area contributed by atoms with Crippen molar-refractivity contribution in [1.82, 2.24) is 24.4 Å². The van der Waals surface area contributed by atoms with E-state index in [0.29, 0.717) is 13.1 Å². The molecule has 0 saturated carbocycles. The molecule has 0 radical (unpaired) electrons. The van der Waals surface area contributed by atoms with Gasteiger partial charge in [0, 0.05) is 38.4 Å². The molecular weight excluding hydrogens is 378 g/mol. The number of sulfonamides is 1. The van der Waals surface area contributed by atoms with E-state index in [1.165, 1.54) is 31.6 Å². The zero-order valence-corrected chi connectivity index (χ0v) is 16.2. The fourth-order valence-corrected chi connectivity index (χ4v) is 3.73. The fraction of sp³-hybridized carbons (Fsp3) is 0.211. The number of likely N-dealkylation sites (N-methyl/N-ethyl adjacent to an activating group) is 1. The lowest BCUT2D eigenvalue weighted by Gasteiger charge is -2.16. The Morgan fingerprint density at radius 1 is 1.14 bits per heavy atom. The maximum Gasteiger partial charge on any atom is 0.244 e. The Labute approximate surface area is 163 Å². The van der Waals surface area contributed by atoms with E-state index in [1.54, 1.807) is 6.20 Å². The van der Waals surface area contributed by atoms with Crippen LogP contribution in [0.15, 0.2) is 72.1 Å². The first kappa shape index (κ1) is 19.7. The number of rotatable bonds is 8. The number of carbonyl (C=O) groups excluding carboxylic acids is 1. The van der Waals surface area contributed by atoms with Gasteiger partial charge in [0.1, 0.15) is 4.90 Å². The van der Waals surface area contributed by atoms with E-state index in [1.807, 2.05) is 41.2 Å². The van der Waals surface area contributed by atoms with Crippen LogP contribution in [0.4, 0.5) is 0 Å². The van der Waals surface area contributed by atoms with E-state index in [9.17, 15) is 13.2 Å². The lowest BCUT2D eigenvalue weighted by Crippen LogP contribution is -2.38. The molecule has 0 spiro atoms. The molecule has 1 N–H and O–H groups in total. The second-order valence-corrected chi connectivity index (χ2v) is 8.30. The van der Waals surface area contributed by atoms with Crippen molar-refractivity contribution in [1.29, 1.82) is 0 Å². The SMILES string of the molecule is CN(CC(=O)NCc1cccc(Cn2cccn2)c1)S(=O)(=O)c1cccnc1. The van der Waals surface area contributed by atoms with E-state index < -0.39 is 10.0 Å². The van der Waals surface area contributed by atoms with Crippen molar-refractivity contribution in [2.24, 2.45) is 0 Å². The Kier molecular flexibility index (Phi) is 6.17. The molecule has 8 nitrogen and oxygen atoms in total. The van der Waals surface area contributed by atoms with Crippen LogP contribution in [0.3, 0.4) is 0 Å². The summed E-state index contributed by atoms with van der Waals surface area (Å²) in [6.07, 6.45) is 6.36. The van der Waals surface area contributed by atoms with E-state index in [-0.39, 0.29) is 17.3 Å². The van der Waals surface area contributed by atoms with Crippen molar-refractivity contribution >= 4 is 15.9 Å². The topological polar surface area (TPSA) is 97.2 Å². The van der Waals surface area contributed by atoms with Crippen LogP contribution in [-0.4, -0.2) is 47.0 Å². The molecule has 2 heterocycles. The lowest BCUT2D eigenvalue weighted by molar-refractivity contribution is -0.121. The average molecular weight is 399 g/mol. The summed E-state index contributed by atoms with van der Waals surface area (Å²) >= 11 is 0. The number of pyridine rings is 1. The minimum atomic E-state index is -3.75. The van der Waals surface area contributed by atoms with Crippen LogP contribution in [0.2, 0.25) is 0 Å². The molecule has 0 bridgehead atoms. The summed E-state index contributed by atoms with van der Waals surface area (Å²) in [5.74, 6) is -0.382. The van der Waals surface area contributed by atoms with Gasteiger partial charge in [-0.15, -0.1) is 0 Å². The summed E-state index contributed by atoms with van der Waals surface area (Å²) in [5.41, 5.74) is 1.99. The fourth-order valence-electron chi connectivity index (χ4n) is 2.64. The molecule has 0 aliphatic heterocycles. The molecule has 2 aromatic heterocycles. The highest BCUT2D eigenvalue weighted by Gasteiger charge is 2.22. The van der Waals surface area contributed by atoms with Gasteiger partial charge in [-0.1, -0.05) is 24.3 Å². The minimum Gasteiger partial charge on any atom is -0.351 e. The Morgan fingerprint density at radius 3 is 2.68 bits per heavy atom. The number of nitrogens with zero attached hydrogens (tertiary/aromatic N) is 4. The molecule has 1 aromatic carbocycles. The molecule has 1 amide bonds. The highest BCUT2D eigenvalue weighted by molar-refractivity contribution is 7.89. The lowest BCUT2D eigenvalue weighted by atomic mass is 10.1. The maximum atomic E-state index is 12.4. The highest BCUT2D eigenvalue weighted by Crippen LogP contribution is 2.12. The van der Waals surface area contributed by atoms with Crippen LogP contribution in [0, 0.1) is 0 Å². The molecule has 0 aliphatic carbocycles. The van der Waals surface area contributed by atoms with E-state index >= 15 is 0 Å². The normalized spacial score (nSPS) is 11.5. The van der Waals surface area contributed by atoms with Crippen molar-refractivity contribution in [3.8, 4) is 0 Å². The van der Waals surface area contributed by atoms with E-state index in [4.69, 9.17) is 0 Å². The molecule has 0 fully saturated rings. The van der Waals surface area contributed by atoms with E-state index in [2.05, 4.69) is 15.4 Å². The molecule has 28 heavy (non-hydrogen) atoms. The van der Waals surface area contributed by atoms with Crippen LogP contribution in [0.1, 0.15) is 11.1 Å². The summed E-state index contributed by atoms with van der Waals surface area (Å²) in [4.78, 5) is 16.1. The number of hydrogen-bond acceptors (Lipinski definition) is 5. The van der Waals surface area contributed by atoms with Gasteiger partial charge in [-0.05, 0) is 29.3 Å². The van der Waals surface area contributed by atoms with Crippen LogP contribution < -0.4 is 5.32 Å². The summed E-state index contributed by atoms with van der Waals surface area (Å²) in [7, 11) is -2.38. The molecule has 146 valence electrons. The van der Waals surface area contributed by atoms with Crippen LogP contribution >= 0.6 is 0 Å². The molecule has 9 heteroatoms. The van der Waals surface area contributed by atoms with Crippen molar-refractivity contribution in [3.63, 3.8) is 0 Å². The van der Waals surface area contributed by atoms with Crippen LogP contribution in [0.25, 0.3) is 0 Å². The molecule has 3 aromatic rings. The molecule has 0 atom stereocenters. The number of benzene rings is 1. The van der Waals surface area contributed by atoms with Gasteiger partial charge in [-0.3, -0.25) is 14.5 Å². The summed E-state index contributed by atoms with van der Waals surface area (Å²) in [6, 6.07) is 12.6. The maximum absolute atomic E-state index is 12.4. The summed E-state index contributed by atoms with van der Waals surface area (Å²) < 4.78 is 27.7. The quantitative estimate of drug-likeness (QED) is 0.615. The first-order chi connectivity index (χ1) is 13.4. The number of nitrogens with one attached hydrogen (secondary N) is 1. The smallest absolute Gasteiger partial charge is 0.244 e. The molecule has 0 saturated heterocycles. The molecular formula is C19H21N5O3S. The monoisotopic (exact) mass is 399 g/mol. The largest absolute Gasteiger partial charge is 0.351 e. The number of aromatic nitrogens is 3. The third-order valence-electron chi connectivity index (χ3n) is 4.09. The van der Waals surface area contributed by atoms with Gasteiger partial charge in [0.2, 0.25) is 15.9 Å². The van der Waals surface area contributed by atoms with Gasteiger partial charge >= 0.3 is 0 Å². The van der Waals surface area contributed by atoms with E-state index in [0.717, 1.165) is 15.4 Å². The second-order valence-electron chi connectivity index (χ2n) is 6.25. The Bertz CT molecular complexity index is 1020.